The van der Waals surface area contributed by atoms with Gasteiger partial charge in [0.15, 0.2) is 0 Å². The molecule has 3 amide bonds. The molecule has 3 N–H and O–H groups in total. The summed E-state index contributed by atoms with van der Waals surface area (Å²) in [7, 11) is 0. The molecule has 1 aliphatic carbocycles. The highest BCUT2D eigenvalue weighted by Crippen LogP contribution is 2.46. The van der Waals surface area contributed by atoms with Crippen molar-refractivity contribution in [3.63, 3.8) is 0 Å². The summed E-state index contributed by atoms with van der Waals surface area (Å²) in [5, 5.41) is 14.6. The molecule has 1 aliphatic heterocycles. The minimum absolute atomic E-state index is 0.00829. The number of benzene rings is 1. The van der Waals surface area contributed by atoms with Crippen LogP contribution in [0.3, 0.4) is 0 Å². The van der Waals surface area contributed by atoms with Crippen molar-refractivity contribution in [2.45, 2.75) is 63.8 Å². The van der Waals surface area contributed by atoms with Crippen LogP contribution in [0.25, 0.3) is 0 Å². The molecule has 2 aliphatic rings. The van der Waals surface area contributed by atoms with Gasteiger partial charge in [-0.25, -0.2) is 0 Å². The summed E-state index contributed by atoms with van der Waals surface area (Å²) in [4.78, 5) is 50.8. The van der Waals surface area contributed by atoms with Gasteiger partial charge in [-0.05, 0) is 55.7 Å². The van der Waals surface area contributed by atoms with Crippen LogP contribution in [-0.4, -0.2) is 59.4 Å². The van der Waals surface area contributed by atoms with E-state index in [9.17, 15) is 19.2 Å². The number of hydrogen-bond acceptors (Lipinski definition) is 4. The summed E-state index contributed by atoms with van der Waals surface area (Å²) in [6.45, 7) is 1.28. The summed E-state index contributed by atoms with van der Waals surface area (Å²) in [5.74, 6) is -2.10. The number of nitrogens with zero attached hydrogens (tertiary/aromatic N) is 1. The zero-order valence-electron chi connectivity index (χ0n) is 19.1. The molecule has 8 nitrogen and oxygen atoms in total. The third-order valence-corrected chi connectivity index (χ3v) is 7.29. The van der Waals surface area contributed by atoms with Crippen molar-refractivity contribution in [2.75, 3.05) is 19.6 Å². The Kier molecular flexibility index (Phi) is 9.19. The Hall–Kier alpha value is -2.32. The molecule has 1 spiro atoms. The summed E-state index contributed by atoms with van der Waals surface area (Å²) >= 11 is 12.0. The minimum atomic E-state index is -1.01. The molecular formula is C24H31Cl2N3O5. The number of rotatable bonds is 9. The predicted molar refractivity (Wildman–Crippen MR) is 129 cm³/mol. The molecular weight excluding hydrogens is 481 g/mol. The SMILES string of the molecule is O=C(O)CCNC(=O)CC[C@@H](NC(=O)c1cc(Cl)cc(Cl)c1)C(=O)N1CCC2(CCCC2)CC1. The van der Waals surface area contributed by atoms with E-state index in [0.29, 0.717) is 28.5 Å². The predicted octanol–water partition coefficient (Wildman–Crippen LogP) is 3.65. The van der Waals surface area contributed by atoms with Gasteiger partial charge in [0.1, 0.15) is 6.04 Å². The van der Waals surface area contributed by atoms with Crippen molar-refractivity contribution in [1.82, 2.24) is 15.5 Å². The number of aliphatic carboxylic acids is 1. The number of carboxylic acids is 1. The third-order valence-electron chi connectivity index (χ3n) is 6.85. The number of carbonyl (C=O) groups is 4. The molecule has 1 saturated heterocycles. The second-order valence-electron chi connectivity index (χ2n) is 9.25. The molecule has 1 aromatic rings. The van der Waals surface area contributed by atoms with Gasteiger partial charge in [-0.2, -0.15) is 0 Å². The number of nitrogens with one attached hydrogen (secondary N) is 2. The Morgan fingerprint density at radius 2 is 1.59 bits per heavy atom. The first kappa shape index (κ1) is 26.3. The molecule has 34 heavy (non-hydrogen) atoms. The zero-order chi connectivity index (χ0) is 24.7. The number of likely N-dealkylation sites (tertiary alicyclic amines) is 1. The zero-order valence-corrected chi connectivity index (χ0v) is 20.6. The van der Waals surface area contributed by atoms with Crippen LogP contribution in [0.4, 0.5) is 0 Å². The summed E-state index contributed by atoms with van der Waals surface area (Å²) in [6.07, 6.45) is 6.71. The highest BCUT2D eigenvalue weighted by molar-refractivity contribution is 6.35. The molecule has 3 rings (SSSR count). The second-order valence-corrected chi connectivity index (χ2v) is 10.1. The van der Waals surface area contributed by atoms with Crippen LogP contribution in [-0.2, 0) is 14.4 Å². The molecule has 0 radical (unpaired) electrons. The van der Waals surface area contributed by atoms with Gasteiger partial charge in [0.2, 0.25) is 11.8 Å². The molecule has 1 heterocycles. The molecule has 10 heteroatoms. The fraction of sp³-hybridized carbons (Fsp3) is 0.583. The van der Waals surface area contributed by atoms with Crippen LogP contribution in [0.2, 0.25) is 10.0 Å². The van der Waals surface area contributed by atoms with E-state index in [4.69, 9.17) is 28.3 Å². The maximum Gasteiger partial charge on any atom is 0.305 e. The van der Waals surface area contributed by atoms with E-state index in [-0.39, 0.29) is 43.2 Å². The Morgan fingerprint density at radius 3 is 2.18 bits per heavy atom. The fourth-order valence-electron chi connectivity index (χ4n) is 4.90. The van der Waals surface area contributed by atoms with Gasteiger partial charge >= 0.3 is 5.97 Å². The molecule has 0 aromatic heterocycles. The van der Waals surface area contributed by atoms with Crippen molar-refractivity contribution in [3.8, 4) is 0 Å². The molecule has 1 aromatic carbocycles. The highest BCUT2D eigenvalue weighted by Gasteiger charge is 2.39. The van der Waals surface area contributed by atoms with Gasteiger partial charge in [0.25, 0.3) is 5.91 Å². The van der Waals surface area contributed by atoms with Crippen molar-refractivity contribution >= 4 is 46.9 Å². The van der Waals surface area contributed by atoms with Gasteiger partial charge in [-0.1, -0.05) is 36.0 Å². The number of carboxylic acid groups (broad SMARTS) is 1. The average Bonchev–Trinajstić information content (AvgIpc) is 3.23. The molecule has 2 fully saturated rings. The van der Waals surface area contributed by atoms with Gasteiger partial charge in [0.05, 0.1) is 6.42 Å². The van der Waals surface area contributed by atoms with Crippen LogP contribution < -0.4 is 10.6 Å². The van der Waals surface area contributed by atoms with Crippen molar-refractivity contribution in [1.29, 1.82) is 0 Å². The molecule has 186 valence electrons. The lowest BCUT2D eigenvalue weighted by molar-refractivity contribution is -0.137. The largest absolute Gasteiger partial charge is 0.481 e. The highest BCUT2D eigenvalue weighted by atomic mass is 35.5. The Balaban J connectivity index is 1.65. The normalized spacial score (nSPS) is 17.9. The Morgan fingerprint density at radius 1 is 0.971 bits per heavy atom. The van der Waals surface area contributed by atoms with Gasteiger partial charge in [0, 0.05) is 41.7 Å². The maximum absolute atomic E-state index is 13.4. The number of hydrogen-bond donors (Lipinski definition) is 3. The lowest BCUT2D eigenvalue weighted by Gasteiger charge is -2.40. The second kappa shape index (κ2) is 11.9. The van der Waals surface area contributed by atoms with Crippen molar-refractivity contribution in [2.24, 2.45) is 5.41 Å². The summed E-state index contributed by atoms with van der Waals surface area (Å²) in [6, 6.07) is 3.55. The smallest absolute Gasteiger partial charge is 0.305 e. The van der Waals surface area contributed by atoms with E-state index in [1.165, 1.54) is 43.9 Å². The first-order chi connectivity index (χ1) is 16.2. The third kappa shape index (κ3) is 7.34. The summed E-state index contributed by atoms with van der Waals surface area (Å²) < 4.78 is 0. The van der Waals surface area contributed by atoms with Crippen LogP contribution >= 0.6 is 23.2 Å². The number of piperidine rings is 1. The van der Waals surface area contributed by atoms with Crippen LogP contribution in [0.15, 0.2) is 18.2 Å². The lowest BCUT2D eigenvalue weighted by atomic mass is 9.77. The van der Waals surface area contributed by atoms with E-state index < -0.39 is 17.9 Å². The monoisotopic (exact) mass is 511 g/mol. The topological polar surface area (TPSA) is 116 Å². The number of carbonyl (C=O) groups excluding carboxylic acids is 3. The van der Waals surface area contributed by atoms with Gasteiger partial charge < -0.3 is 20.6 Å². The Labute approximate surface area is 209 Å². The molecule has 1 atom stereocenters. The van der Waals surface area contributed by atoms with Crippen molar-refractivity contribution < 1.29 is 24.3 Å². The Bertz CT molecular complexity index is 903. The molecule has 1 saturated carbocycles. The van der Waals surface area contributed by atoms with Crippen LogP contribution in [0.5, 0.6) is 0 Å². The molecule has 0 bridgehead atoms. The average molecular weight is 512 g/mol. The first-order valence-corrected chi connectivity index (χ1v) is 12.5. The number of amides is 3. The number of halogens is 2. The van der Waals surface area contributed by atoms with E-state index >= 15 is 0 Å². The molecule has 0 unspecified atom stereocenters. The van der Waals surface area contributed by atoms with E-state index in [1.54, 1.807) is 4.90 Å². The van der Waals surface area contributed by atoms with Gasteiger partial charge in [-0.15, -0.1) is 0 Å². The lowest BCUT2D eigenvalue weighted by Crippen LogP contribution is -2.52. The van der Waals surface area contributed by atoms with E-state index in [1.807, 2.05) is 0 Å². The minimum Gasteiger partial charge on any atom is -0.481 e. The summed E-state index contributed by atoms with van der Waals surface area (Å²) in [5.41, 5.74) is 0.571. The quantitative estimate of drug-likeness (QED) is 0.467. The fourth-order valence-corrected chi connectivity index (χ4v) is 5.43. The van der Waals surface area contributed by atoms with Crippen molar-refractivity contribution in [3.05, 3.63) is 33.8 Å². The van der Waals surface area contributed by atoms with Crippen LogP contribution in [0, 0.1) is 5.41 Å². The van der Waals surface area contributed by atoms with Gasteiger partial charge in [-0.3, -0.25) is 19.2 Å². The maximum atomic E-state index is 13.4. The van der Waals surface area contributed by atoms with E-state index in [0.717, 1.165) is 12.8 Å². The van der Waals surface area contributed by atoms with E-state index in [2.05, 4.69) is 10.6 Å². The standard InChI is InChI=1S/C24H31Cl2N3O5/c25-17-13-16(14-18(26)15-17)22(33)28-19(3-4-20(30)27-10-5-21(31)32)23(34)29-11-8-24(9-12-29)6-1-2-7-24/h13-15,19H,1-12H2,(H,27,30)(H,28,33)(H,31,32)/t19-/m1/s1. The van der Waals surface area contributed by atoms with Crippen LogP contribution in [0.1, 0.15) is 68.1 Å². The first-order valence-electron chi connectivity index (χ1n) is 11.7.